The quantitative estimate of drug-likeness (QED) is 0.874. The van der Waals surface area contributed by atoms with Crippen LogP contribution in [0.4, 0.5) is 0 Å². The molecule has 0 spiro atoms. The molecule has 1 aromatic rings. The zero-order valence-electron chi connectivity index (χ0n) is 13.7. The van der Waals surface area contributed by atoms with Gasteiger partial charge in [0.25, 0.3) is 0 Å². The van der Waals surface area contributed by atoms with Crippen molar-refractivity contribution >= 4 is 0 Å². The van der Waals surface area contributed by atoms with Gasteiger partial charge in [0.15, 0.2) is 11.5 Å². The van der Waals surface area contributed by atoms with E-state index in [4.69, 9.17) is 9.47 Å². The Morgan fingerprint density at radius 1 is 1.29 bits per heavy atom. The first-order valence-corrected chi connectivity index (χ1v) is 7.81. The Hall–Kier alpha value is -1.26. The number of piperazine rings is 1. The number of benzene rings is 1. The summed E-state index contributed by atoms with van der Waals surface area (Å²) in [5.41, 5.74) is 1.46. The van der Waals surface area contributed by atoms with Crippen molar-refractivity contribution in [2.24, 2.45) is 0 Å². The van der Waals surface area contributed by atoms with Crippen LogP contribution in [0.5, 0.6) is 11.5 Å². The molecule has 0 saturated carbocycles. The van der Waals surface area contributed by atoms with Crippen molar-refractivity contribution in [2.45, 2.75) is 39.3 Å². The van der Waals surface area contributed by atoms with E-state index < -0.39 is 0 Å². The van der Waals surface area contributed by atoms with Crippen LogP contribution in [0.15, 0.2) is 18.2 Å². The van der Waals surface area contributed by atoms with Gasteiger partial charge in [0, 0.05) is 31.7 Å². The molecule has 1 fully saturated rings. The minimum atomic E-state index is 0.187. The van der Waals surface area contributed by atoms with E-state index in [0.717, 1.165) is 50.7 Å². The van der Waals surface area contributed by atoms with Crippen LogP contribution < -0.4 is 14.8 Å². The van der Waals surface area contributed by atoms with Gasteiger partial charge in [0.1, 0.15) is 0 Å². The van der Waals surface area contributed by atoms with Crippen LogP contribution >= 0.6 is 0 Å². The van der Waals surface area contributed by atoms with Crippen LogP contribution in [0, 0.1) is 0 Å². The number of rotatable bonds is 6. The topological polar surface area (TPSA) is 33.7 Å². The van der Waals surface area contributed by atoms with E-state index >= 15 is 0 Å². The molecular formula is C17H28N2O2. The van der Waals surface area contributed by atoms with Crippen LogP contribution in [0.1, 0.15) is 32.8 Å². The lowest BCUT2D eigenvalue weighted by Crippen LogP contribution is -2.56. The van der Waals surface area contributed by atoms with Gasteiger partial charge in [-0.05, 0) is 38.0 Å². The molecular weight excluding hydrogens is 264 g/mol. The fourth-order valence-electron chi connectivity index (χ4n) is 2.78. The highest BCUT2D eigenvalue weighted by Gasteiger charge is 2.25. The molecule has 4 heteroatoms. The maximum absolute atomic E-state index is 5.71. The van der Waals surface area contributed by atoms with Crippen LogP contribution in [0.2, 0.25) is 0 Å². The van der Waals surface area contributed by atoms with Crippen molar-refractivity contribution in [1.82, 2.24) is 10.2 Å². The van der Waals surface area contributed by atoms with E-state index in [2.05, 4.69) is 43.1 Å². The fourth-order valence-corrected chi connectivity index (χ4v) is 2.78. The molecule has 0 aromatic heterocycles. The minimum Gasteiger partial charge on any atom is -0.493 e. The number of hydrogen-bond donors (Lipinski definition) is 1. The Kier molecular flexibility index (Phi) is 5.48. The minimum absolute atomic E-state index is 0.187. The average Bonchev–Trinajstić information content (AvgIpc) is 2.44. The molecule has 0 bridgehead atoms. The molecule has 1 heterocycles. The van der Waals surface area contributed by atoms with Crippen molar-refractivity contribution in [3.63, 3.8) is 0 Å². The number of nitrogens with zero attached hydrogens (tertiary/aromatic N) is 1. The van der Waals surface area contributed by atoms with Gasteiger partial charge in [-0.15, -0.1) is 0 Å². The molecule has 21 heavy (non-hydrogen) atoms. The molecule has 4 nitrogen and oxygen atoms in total. The highest BCUT2D eigenvalue weighted by Crippen LogP contribution is 2.29. The molecule has 0 amide bonds. The number of methoxy groups -OCH3 is 1. The van der Waals surface area contributed by atoms with Crippen molar-refractivity contribution in [1.29, 1.82) is 0 Å². The number of hydrogen-bond acceptors (Lipinski definition) is 4. The van der Waals surface area contributed by atoms with E-state index in [0.29, 0.717) is 0 Å². The first-order chi connectivity index (χ1) is 10.0. The average molecular weight is 292 g/mol. The molecule has 1 aliphatic heterocycles. The summed E-state index contributed by atoms with van der Waals surface area (Å²) in [6.45, 7) is 11.5. The Morgan fingerprint density at radius 3 is 2.76 bits per heavy atom. The van der Waals surface area contributed by atoms with Crippen molar-refractivity contribution in [3.8, 4) is 11.5 Å². The van der Waals surface area contributed by atoms with Crippen LogP contribution in [0.25, 0.3) is 0 Å². The van der Waals surface area contributed by atoms with Crippen LogP contribution in [-0.4, -0.2) is 43.8 Å². The molecule has 0 aliphatic carbocycles. The predicted molar refractivity (Wildman–Crippen MR) is 86.1 cm³/mol. The molecule has 1 aliphatic rings. The molecule has 1 aromatic carbocycles. The third-order valence-corrected chi connectivity index (χ3v) is 3.75. The van der Waals surface area contributed by atoms with Gasteiger partial charge in [-0.25, -0.2) is 0 Å². The summed E-state index contributed by atoms with van der Waals surface area (Å²) in [6.07, 6.45) is 1.00. The monoisotopic (exact) mass is 292 g/mol. The van der Waals surface area contributed by atoms with Gasteiger partial charge in [0.05, 0.1) is 13.7 Å². The lowest BCUT2D eigenvalue weighted by atomic mass is 10.0. The first kappa shape index (κ1) is 16.1. The van der Waals surface area contributed by atoms with Crippen LogP contribution in [0.3, 0.4) is 0 Å². The standard InChI is InChI=1S/C17H28N2O2/c1-5-10-21-15-7-6-14(11-16(15)20-4)12-19-9-8-18-17(2,3)13-19/h6-7,11,18H,5,8-10,12-13H2,1-4H3. The largest absolute Gasteiger partial charge is 0.493 e. The summed E-state index contributed by atoms with van der Waals surface area (Å²) in [6, 6.07) is 6.26. The van der Waals surface area contributed by atoms with E-state index in [1.807, 2.05) is 6.07 Å². The smallest absolute Gasteiger partial charge is 0.161 e. The van der Waals surface area contributed by atoms with Gasteiger partial charge in [-0.2, -0.15) is 0 Å². The second-order valence-corrected chi connectivity index (χ2v) is 6.35. The Labute approximate surface area is 128 Å². The lowest BCUT2D eigenvalue weighted by Gasteiger charge is -2.39. The maximum Gasteiger partial charge on any atom is 0.161 e. The van der Waals surface area contributed by atoms with Crippen molar-refractivity contribution in [2.75, 3.05) is 33.4 Å². The van der Waals surface area contributed by atoms with E-state index in [9.17, 15) is 0 Å². The first-order valence-electron chi connectivity index (χ1n) is 7.81. The molecule has 1 saturated heterocycles. The van der Waals surface area contributed by atoms with Gasteiger partial charge in [-0.1, -0.05) is 13.0 Å². The number of ether oxygens (including phenoxy) is 2. The van der Waals surface area contributed by atoms with E-state index in [1.54, 1.807) is 7.11 Å². The third kappa shape index (κ3) is 4.61. The van der Waals surface area contributed by atoms with Gasteiger partial charge in [0.2, 0.25) is 0 Å². The van der Waals surface area contributed by atoms with E-state index in [1.165, 1.54) is 5.56 Å². The number of nitrogens with one attached hydrogen (secondary N) is 1. The highest BCUT2D eigenvalue weighted by atomic mass is 16.5. The SMILES string of the molecule is CCCOc1ccc(CN2CCNC(C)(C)C2)cc1OC. The Balaban J connectivity index is 2.03. The lowest BCUT2D eigenvalue weighted by molar-refractivity contribution is 0.148. The zero-order valence-corrected chi connectivity index (χ0v) is 13.7. The zero-order chi connectivity index (χ0) is 15.3. The summed E-state index contributed by atoms with van der Waals surface area (Å²) in [7, 11) is 1.70. The van der Waals surface area contributed by atoms with Gasteiger partial charge >= 0.3 is 0 Å². The summed E-state index contributed by atoms with van der Waals surface area (Å²) in [5.74, 6) is 1.67. The molecule has 0 unspecified atom stereocenters. The third-order valence-electron chi connectivity index (χ3n) is 3.75. The summed E-state index contributed by atoms with van der Waals surface area (Å²) < 4.78 is 11.2. The molecule has 0 atom stereocenters. The normalized spacial score (nSPS) is 18.5. The molecule has 1 N–H and O–H groups in total. The molecule has 118 valence electrons. The Morgan fingerprint density at radius 2 is 2.10 bits per heavy atom. The van der Waals surface area contributed by atoms with Gasteiger partial charge in [-0.3, -0.25) is 4.90 Å². The summed E-state index contributed by atoms with van der Waals surface area (Å²) >= 11 is 0. The summed E-state index contributed by atoms with van der Waals surface area (Å²) in [5, 5.41) is 3.54. The molecule has 2 rings (SSSR count). The highest BCUT2D eigenvalue weighted by molar-refractivity contribution is 5.43. The fraction of sp³-hybridized carbons (Fsp3) is 0.647. The maximum atomic E-state index is 5.71. The second kappa shape index (κ2) is 7.14. The second-order valence-electron chi connectivity index (χ2n) is 6.35. The van der Waals surface area contributed by atoms with Crippen LogP contribution in [-0.2, 0) is 6.54 Å². The van der Waals surface area contributed by atoms with Crippen molar-refractivity contribution < 1.29 is 9.47 Å². The van der Waals surface area contributed by atoms with E-state index in [-0.39, 0.29) is 5.54 Å². The molecule has 0 radical (unpaired) electrons. The Bertz CT molecular complexity index is 460. The van der Waals surface area contributed by atoms with Gasteiger partial charge < -0.3 is 14.8 Å². The predicted octanol–water partition coefficient (Wildman–Crippen LogP) is 2.67. The summed E-state index contributed by atoms with van der Waals surface area (Å²) in [4.78, 5) is 2.48. The van der Waals surface area contributed by atoms with Crippen molar-refractivity contribution in [3.05, 3.63) is 23.8 Å².